The van der Waals surface area contributed by atoms with E-state index in [1.54, 1.807) is 0 Å². The average Bonchev–Trinajstić information content (AvgIpc) is 2.23. The fraction of sp³-hybridized carbons (Fsp3) is 1.00. The lowest BCUT2D eigenvalue weighted by Crippen LogP contribution is -2.67. The molecular formula is C10H18BNO3. The monoisotopic (exact) mass is 211 g/mol. The van der Waals surface area contributed by atoms with Crippen LogP contribution in [0.4, 0.5) is 0 Å². The van der Waals surface area contributed by atoms with Gasteiger partial charge in [-0.25, -0.2) is 0 Å². The van der Waals surface area contributed by atoms with Crippen LogP contribution in [0.3, 0.4) is 0 Å². The van der Waals surface area contributed by atoms with Gasteiger partial charge < -0.3 is 15.3 Å². The Morgan fingerprint density at radius 3 is 2.47 bits per heavy atom. The van der Waals surface area contributed by atoms with Gasteiger partial charge in [0.15, 0.2) is 0 Å². The van der Waals surface area contributed by atoms with Crippen molar-refractivity contribution in [3.63, 3.8) is 0 Å². The van der Waals surface area contributed by atoms with Crippen LogP contribution in [0.15, 0.2) is 0 Å². The smallest absolute Gasteiger partial charge is 0.223 e. The zero-order valence-corrected chi connectivity index (χ0v) is 8.93. The number of rotatable bonds is 1. The Kier molecular flexibility index (Phi) is 1.74. The molecule has 0 aromatic rings. The molecule has 3 fully saturated rings. The highest BCUT2D eigenvalue weighted by molar-refractivity contribution is 6.14. The van der Waals surface area contributed by atoms with E-state index in [2.05, 4.69) is 0 Å². The number of hydrogen-bond acceptors (Lipinski definition) is 4. The first-order valence-electron chi connectivity index (χ1n) is 5.76. The molecule has 5 N–H and O–H groups in total. The van der Waals surface area contributed by atoms with Gasteiger partial charge in [-0.1, -0.05) is 0 Å². The summed E-state index contributed by atoms with van der Waals surface area (Å²) < 4.78 is 0. The number of aliphatic hydroxyl groups is 3. The lowest BCUT2D eigenvalue weighted by molar-refractivity contribution is -0.281. The van der Waals surface area contributed by atoms with Crippen LogP contribution in [0.5, 0.6) is 0 Å². The Labute approximate surface area is 89.9 Å². The van der Waals surface area contributed by atoms with Crippen molar-refractivity contribution in [1.82, 2.24) is 0 Å². The summed E-state index contributed by atoms with van der Waals surface area (Å²) in [6.45, 7) is 0. The zero-order valence-electron chi connectivity index (χ0n) is 8.93. The van der Waals surface area contributed by atoms with Gasteiger partial charge in [0.05, 0.1) is 0 Å². The third-order valence-corrected chi connectivity index (χ3v) is 4.98. The van der Waals surface area contributed by atoms with Gasteiger partial charge in [-0.3, -0.25) is 5.73 Å². The molecule has 6 atom stereocenters. The predicted octanol–water partition coefficient (Wildman–Crippen LogP) is -1.80. The maximum atomic E-state index is 10.3. The van der Waals surface area contributed by atoms with Crippen LogP contribution in [0, 0.1) is 29.6 Å². The first-order valence-corrected chi connectivity index (χ1v) is 5.76. The van der Waals surface area contributed by atoms with Crippen molar-refractivity contribution in [2.24, 2.45) is 35.3 Å². The van der Waals surface area contributed by atoms with E-state index in [4.69, 9.17) is 5.73 Å². The standard InChI is InChI=1S/C10H18BNO3/c11-9(13)3-4-1-5-6(2-4)8(7(5)9)10(12,14)15/h4-8,13-15H,1-3,11-12H2. The SMILES string of the molecule is BC1(O)CC2CC3C(C2)C1C3C(N)(O)O. The van der Waals surface area contributed by atoms with E-state index < -0.39 is 11.4 Å². The van der Waals surface area contributed by atoms with Gasteiger partial charge in [-0.15, -0.1) is 0 Å². The first-order chi connectivity index (χ1) is 6.81. The van der Waals surface area contributed by atoms with Crippen molar-refractivity contribution < 1.29 is 15.3 Å². The molecule has 0 saturated heterocycles. The summed E-state index contributed by atoms with van der Waals surface area (Å²) in [4.78, 5) is 0. The fourth-order valence-corrected chi connectivity index (χ4v) is 4.74. The summed E-state index contributed by atoms with van der Waals surface area (Å²) in [5, 5.41) is 29.4. The summed E-state index contributed by atoms with van der Waals surface area (Å²) in [5.41, 5.74) is 4.64. The normalized spacial score (nSPS) is 57.7. The Morgan fingerprint density at radius 2 is 1.87 bits per heavy atom. The molecule has 4 nitrogen and oxygen atoms in total. The van der Waals surface area contributed by atoms with Crippen LogP contribution >= 0.6 is 0 Å². The van der Waals surface area contributed by atoms with Crippen LogP contribution < -0.4 is 5.73 Å². The molecular weight excluding hydrogens is 193 g/mol. The Balaban J connectivity index is 1.96. The lowest BCUT2D eigenvalue weighted by Gasteiger charge is -2.58. The van der Waals surface area contributed by atoms with E-state index in [1.165, 1.54) is 0 Å². The van der Waals surface area contributed by atoms with Crippen molar-refractivity contribution in [3.05, 3.63) is 0 Å². The highest BCUT2D eigenvalue weighted by atomic mass is 16.5. The van der Waals surface area contributed by atoms with Crippen LogP contribution in [0.25, 0.3) is 0 Å². The van der Waals surface area contributed by atoms with Crippen LogP contribution in [-0.2, 0) is 0 Å². The molecule has 3 rings (SSSR count). The molecule has 0 radical (unpaired) electrons. The minimum atomic E-state index is -2.12. The molecule has 84 valence electrons. The summed E-state index contributed by atoms with van der Waals surface area (Å²) in [7, 11) is 1.82. The second-order valence-corrected chi connectivity index (χ2v) is 6.06. The zero-order chi connectivity index (χ0) is 11.0. The molecule has 3 saturated carbocycles. The third kappa shape index (κ3) is 1.18. The largest absolute Gasteiger partial charge is 0.399 e. The topological polar surface area (TPSA) is 86.7 Å². The van der Waals surface area contributed by atoms with E-state index in [-0.39, 0.29) is 11.8 Å². The number of hydrogen-bond donors (Lipinski definition) is 4. The van der Waals surface area contributed by atoms with E-state index in [9.17, 15) is 15.3 Å². The molecule has 3 aliphatic rings. The molecule has 6 unspecified atom stereocenters. The van der Waals surface area contributed by atoms with Gasteiger partial charge in [-0.2, -0.15) is 0 Å². The molecule has 15 heavy (non-hydrogen) atoms. The molecule has 5 heteroatoms. The van der Waals surface area contributed by atoms with Crippen LogP contribution in [-0.4, -0.2) is 34.6 Å². The number of nitrogens with two attached hydrogens (primary N) is 1. The minimum Gasteiger partial charge on any atom is -0.399 e. The number of fused-ring (bicyclic) bond motifs is 1. The first kappa shape index (κ1) is 10.1. The Morgan fingerprint density at radius 1 is 1.27 bits per heavy atom. The molecule has 0 aromatic heterocycles. The summed E-state index contributed by atoms with van der Waals surface area (Å²) in [5.74, 6) is -1.15. The highest BCUT2D eigenvalue weighted by Crippen LogP contribution is 2.67. The highest BCUT2D eigenvalue weighted by Gasteiger charge is 2.68. The van der Waals surface area contributed by atoms with E-state index in [0.717, 1.165) is 19.3 Å². The van der Waals surface area contributed by atoms with Gasteiger partial charge in [0.25, 0.3) is 0 Å². The van der Waals surface area contributed by atoms with Crippen molar-refractivity contribution in [3.8, 4) is 0 Å². The van der Waals surface area contributed by atoms with Crippen molar-refractivity contribution in [2.45, 2.75) is 30.7 Å². The Hall–Kier alpha value is -0.0951. The third-order valence-electron chi connectivity index (χ3n) is 4.98. The van der Waals surface area contributed by atoms with Gasteiger partial charge in [0.1, 0.15) is 7.85 Å². The second kappa shape index (κ2) is 2.59. The van der Waals surface area contributed by atoms with Gasteiger partial charge in [-0.05, 0) is 42.9 Å². The van der Waals surface area contributed by atoms with E-state index in [0.29, 0.717) is 17.8 Å². The van der Waals surface area contributed by atoms with Gasteiger partial charge in [0, 0.05) is 11.4 Å². The van der Waals surface area contributed by atoms with Crippen molar-refractivity contribution in [2.75, 3.05) is 0 Å². The molecule has 3 aliphatic carbocycles. The maximum absolute atomic E-state index is 10.3. The molecule has 0 amide bonds. The lowest BCUT2D eigenvalue weighted by atomic mass is 9.46. The van der Waals surface area contributed by atoms with Crippen molar-refractivity contribution in [1.29, 1.82) is 0 Å². The minimum absolute atomic E-state index is 0.0266. The molecule has 0 aromatic carbocycles. The summed E-state index contributed by atoms with van der Waals surface area (Å²) in [6, 6.07) is 0. The van der Waals surface area contributed by atoms with Crippen molar-refractivity contribution >= 4 is 7.85 Å². The maximum Gasteiger partial charge on any atom is 0.223 e. The molecule has 2 bridgehead atoms. The quantitative estimate of drug-likeness (QED) is 0.304. The summed E-state index contributed by atoms with van der Waals surface area (Å²) >= 11 is 0. The van der Waals surface area contributed by atoms with Crippen LogP contribution in [0.1, 0.15) is 19.3 Å². The summed E-state index contributed by atoms with van der Waals surface area (Å²) in [6.07, 6.45) is 2.93. The Bertz CT molecular complexity index is 302. The van der Waals surface area contributed by atoms with E-state index in [1.807, 2.05) is 7.85 Å². The van der Waals surface area contributed by atoms with Gasteiger partial charge >= 0.3 is 0 Å². The van der Waals surface area contributed by atoms with E-state index >= 15 is 0 Å². The molecule has 0 spiro atoms. The van der Waals surface area contributed by atoms with Crippen LogP contribution in [0.2, 0.25) is 0 Å². The second-order valence-electron chi connectivity index (χ2n) is 6.06. The average molecular weight is 211 g/mol. The van der Waals surface area contributed by atoms with Gasteiger partial charge in [0.2, 0.25) is 5.91 Å². The fourth-order valence-electron chi connectivity index (χ4n) is 4.74. The predicted molar refractivity (Wildman–Crippen MR) is 56.2 cm³/mol. The molecule has 0 heterocycles. The molecule has 0 aliphatic heterocycles.